The van der Waals surface area contributed by atoms with Crippen LogP contribution in [0.15, 0.2) is 11.1 Å². The molecule has 0 radical (unpaired) electrons. The standard InChI is InChI=1S/C6H8F2N4O2S/c7-5(8)3-2(15(11,13)14)1-12-6(10)4(3)9/h1,5H,9H2,(H2,10,12)(H2,11,13,14). The van der Waals surface area contributed by atoms with Crippen molar-refractivity contribution in [3.8, 4) is 0 Å². The third kappa shape index (κ3) is 2.13. The van der Waals surface area contributed by atoms with E-state index in [-0.39, 0.29) is 5.82 Å². The van der Waals surface area contributed by atoms with Gasteiger partial charge in [0.05, 0.1) is 11.3 Å². The lowest BCUT2D eigenvalue weighted by Gasteiger charge is -2.10. The van der Waals surface area contributed by atoms with Crippen LogP contribution in [0.3, 0.4) is 0 Å². The average molecular weight is 238 g/mol. The van der Waals surface area contributed by atoms with E-state index in [9.17, 15) is 17.2 Å². The van der Waals surface area contributed by atoms with Gasteiger partial charge in [0.15, 0.2) is 0 Å². The number of rotatable bonds is 2. The number of alkyl halides is 2. The minimum atomic E-state index is -4.30. The molecule has 0 aliphatic rings. The van der Waals surface area contributed by atoms with Crippen molar-refractivity contribution in [2.75, 3.05) is 11.5 Å². The van der Waals surface area contributed by atoms with Gasteiger partial charge < -0.3 is 11.5 Å². The number of hydrogen-bond donors (Lipinski definition) is 3. The van der Waals surface area contributed by atoms with Gasteiger partial charge in [-0.25, -0.2) is 27.3 Å². The van der Waals surface area contributed by atoms with Gasteiger partial charge in [-0.1, -0.05) is 0 Å². The van der Waals surface area contributed by atoms with Gasteiger partial charge in [0.25, 0.3) is 6.43 Å². The Morgan fingerprint density at radius 1 is 1.33 bits per heavy atom. The molecular weight excluding hydrogens is 230 g/mol. The van der Waals surface area contributed by atoms with Crippen LogP contribution in [-0.4, -0.2) is 13.4 Å². The number of nitrogens with zero attached hydrogens (tertiary/aromatic N) is 1. The quantitative estimate of drug-likeness (QED) is 0.659. The van der Waals surface area contributed by atoms with Gasteiger partial charge in [-0.3, -0.25) is 0 Å². The topological polar surface area (TPSA) is 125 Å². The van der Waals surface area contributed by atoms with Gasteiger partial charge in [-0.2, -0.15) is 0 Å². The molecule has 0 saturated carbocycles. The number of anilines is 2. The minimum Gasteiger partial charge on any atom is -0.395 e. The van der Waals surface area contributed by atoms with Crippen LogP contribution in [0.25, 0.3) is 0 Å². The molecule has 9 heteroatoms. The number of primary sulfonamides is 1. The predicted octanol–water partition coefficient (Wildman–Crippen LogP) is -0.169. The first-order chi connectivity index (χ1) is 6.75. The normalized spacial score (nSPS) is 12.0. The molecule has 1 rings (SSSR count). The summed E-state index contributed by atoms with van der Waals surface area (Å²) in [5.74, 6) is -0.363. The lowest BCUT2D eigenvalue weighted by atomic mass is 10.2. The molecule has 0 atom stereocenters. The summed E-state index contributed by atoms with van der Waals surface area (Å²) in [5.41, 5.74) is 8.87. The highest BCUT2D eigenvalue weighted by Gasteiger charge is 2.25. The Labute approximate surface area is 84.1 Å². The van der Waals surface area contributed by atoms with Crippen LogP contribution in [0.5, 0.6) is 0 Å². The van der Waals surface area contributed by atoms with Crippen LogP contribution in [0.1, 0.15) is 12.0 Å². The van der Waals surface area contributed by atoms with E-state index < -0.39 is 32.6 Å². The number of aromatic nitrogens is 1. The third-order valence-corrected chi connectivity index (χ3v) is 2.62. The van der Waals surface area contributed by atoms with Crippen molar-refractivity contribution in [1.29, 1.82) is 0 Å². The Kier molecular flexibility index (Phi) is 2.77. The molecule has 1 aromatic heterocycles. The van der Waals surface area contributed by atoms with Crippen LogP contribution in [0.2, 0.25) is 0 Å². The fraction of sp³-hybridized carbons (Fsp3) is 0.167. The molecule has 0 spiro atoms. The van der Waals surface area contributed by atoms with Gasteiger partial charge >= 0.3 is 0 Å². The zero-order valence-corrected chi connectivity index (χ0v) is 8.13. The van der Waals surface area contributed by atoms with Crippen molar-refractivity contribution in [3.63, 3.8) is 0 Å². The van der Waals surface area contributed by atoms with E-state index in [2.05, 4.69) is 4.98 Å². The lowest BCUT2D eigenvalue weighted by Crippen LogP contribution is -2.17. The van der Waals surface area contributed by atoms with Crippen LogP contribution < -0.4 is 16.6 Å². The van der Waals surface area contributed by atoms with E-state index in [1.54, 1.807) is 0 Å². The zero-order valence-electron chi connectivity index (χ0n) is 7.31. The average Bonchev–Trinajstić information content (AvgIpc) is 2.06. The van der Waals surface area contributed by atoms with E-state index in [0.717, 1.165) is 0 Å². The van der Waals surface area contributed by atoms with Crippen molar-refractivity contribution < 1.29 is 17.2 Å². The lowest BCUT2D eigenvalue weighted by molar-refractivity contribution is 0.148. The van der Waals surface area contributed by atoms with Crippen molar-refractivity contribution in [2.24, 2.45) is 5.14 Å². The summed E-state index contributed by atoms with van der Waals surface area (Å²) in [4.78, 5) is 2.53. The van der Waals surface area contributed by atoms with E-state index in [1.165, 1.54) is 0 Å². The highest BCUT2D eigenvalue weighted by Crippen LogP contribution is 2.32. The van der Waals surface area contributed by atoms with E-state index >= 15 is 0 Å². The summed E-state index contributed by atoms with van der Waals surface area (Å²) in [6.45, 7) is 0. The van der Waals surface area contributed by atoms with Crippen LogP contribution in [0, 0.1) is 0 Å². The van der Waals surface area contributed by atoms with Gasteiger partial charge in [-0.15, -0.1) is 0 Å². The Morgan fingerprint density at radius 2 is 1.87 bits per heavy atom. The molecule has 1 heterocycles. The van der Waals surface area contributed by atoms with Crippen molar-refractivity contribution in [1.82, 2.24) is 4.98 Å². The Bertz CT molecular complexity index is 488. The second-order valence-corrected chi connectivity index (χ2v) is 4.21. The smallest absolute Gasteiger partial charge is 0.267 e. The molecule has 0 amide bonds. The zero-order chi connectivity index (χ0) is 11.8. The Morgan fingerprint density at radius 3 is 2.27 bits per heavy atom. The van der Waals surface area contributed by atoms with E-state index in [4.69, 9.17) is 16.6 Å². The first-order valence-electron chi connectivity index (χ1n) is 3.60. The Balaban J connectivity index is 3.62. The second-order valence-electron chi connectivity index (χ2n) is 2.68. The molecule has 6 nitrogen and oxygen atoms in total. The predicted molar refractivity (Wildman–Crippen MR) is 49.4 cm³/mol. The van der Waals surface area contributed by atoms with Crippen LogP contribution in [-0.2, 0) is 10.0 Å². The molecule has 0 fully saturated rings. The molecule has 6 N–H and O–H groups in total. The largest absolute Gasteiger partial charge is 0.395 e. The maximum absolute atomic E-state index is 12.5. The molecule has 0 unspecified atom stereocenters. The number of nitrogen functional groups attached to an aromatic ring is 2. The van der Waals surface area contributed by atoms with Crippen LogP contribution >= 0.6 is 0 Å². The molecular formula is C6H8F2N4O2S. The van der Waals surface area contributed by atoms with Crippen molar-refractivity contribution in [3.05, 3.63) is 11.8 Å². The summed E-state index contributed by atoms with van der Waals surface area (Å²) in [6, 6.07) is 0. The molecule has 84 valence electrons. The molecule has 15 heavy (non-hydrogen) atoms. The number of halogens is 2. The molecule has 0 bridgehead atoms. The summed E-state index contributed by atoms with van der Waals surface area (Å²) < 4.78 is 46.9. The number of pyridine rings is 1. The molecule has 0 saturated heterocycles. The van der Waals surface area contributed by atoms with Crippen molar-refractivity contribution in [2.45, 2.75) is 11.3 Å². The fourth-order valence-corrected chi connectivity index (χ4v) is 1.69. The second kappa shape index (κ2) is 3.59. The van der Waals surface area contributed by atoms with E-state index in [0.29, 0.717) is 6.20 Å². The van der Waals surface area contributed by atoms with Gasteiger partial charge in [-0.05, 0) is 0 Å². The number of nitrogens with two attached hydrogens (primary N) is 3. The fourth-order valence-electron chi connectivity index (χ4n) is 0.990. The number of sulfonamides is 1. The minimum absolute atomic E-state index is 0.363. The SMILES string of the molecule is Nc1ncc(S(N)(=O)=O)c(C(F)F)c1N. The Hall–Kier alpha value is -1.48. The molecule has 1 aromatic rings. The van der Waals surface area contributed by atoms with Gasteiger partial charge in [0.1, 0.15) is 10.7 Å². The molecule has 0 aliphatic heterocycles. The maximum Gasteiger partial charge on any atom is 0.267 e. The summed E-state index contributed by atoms with van der Waals surface area (Å²) >= 11 is 0. The highest BCUT2D eigenvalue weighted by atomic mass is 32.2. The maximum atomic E-state index is 12.5. The highest BCUT2D eigenvalue weighted by molar-refractivity contribution is 7.89. The molecule has 0 aliphatic carbocycles. The first kappa shape index (κ1) is 11.6. The summed E-state index contributed by atoms with van der Waals surface area (Å²) in [6.07, 6.45) is -2.44. The number of hydrogen-bond acceptors (Lipinski definition) is 5. The first-order valence-corrected chi connectivity index (χ1v) is 5.14. The monoisotopic (exact) mass is 238 g/mol. The van der Waals surface area contributed by atoms with Crippen molar-refractivity contribution >= 4 is 21.5 Å². The summed E-state index contributed by atoms with van der Waals surface area (Å²) in [7, 11) is -4.30. The van der Waals surface area contributed by atoms with Crippen LogP contribution in [0.4, 0.5) is 20.3 Å². The van der Waals surface area contributed by atoms with Gasteiger partial charge in [0, 0.05) is 6.20 Å². The summed E-state index contributed by atoms with van der Waals surface area (Å²) in [5, 5.41) is 4.72. The third-order valence-electron chi connectivity index (χ3n) is 1.68. The van der Waals surface area contributed by atoms with E-state index in [1.807, 2.05) is 0 Å². The van der Waals surface area contributed by atoms with Gasteiger partial charge in [0.2, 0.25) is 10.0 Å². The molecule has 0 aromatic carbocycles.